The number of ether oxygens (including phenoxy) is 8. The van der Waals surface area contributed by atoms with E-state index in [4.69, 9.17) is 37.9 Å². The van der Waals surface area contributed by atoms with Crippen LogP contribution in [0.5, 0.6) is 17.2 Å². The van der Waals surface area contributed by atoms with Gasteiger partial charge in [-0.3, -0.25) is 24.0 Å². The second-order valence-electron chi connectivity index (χ2n) is 8.30. The lowest BCUT2D eigenvalue weighted by molar-refractivity contribution is -0.251. The molecular formula is C24H26O14. The molecule has 206 valence electrons. The van der Waals surface area contributed by atoms with Crippen LogP contribution in [0.15, 0.2) is 6.07 Å². The molecule has 2 aliphatic heterocycles. The molecule has 14 heteroatoms. The topological polar surface area (TPSA) is 176 Å². The molecule has 2 heterocycles. The second-order valence-corrected chi connectivity index (χ2v) is 8.30. The van der Waals surface area contributed by atoms with E-state index < -0.39 is 72.9 Å². The first-order valence-electron chi connectivity index (χ1n) is 11.3. The Morgan fingerprint density at radius 3 is 1.95 bits per heavy atom. The van der Waals surface area contributed by atoms with Crippen LogP contribution in [0, 0.1) is 0 Å². The van der Waals surface area contributed by atoms with Crippen molar-refractivity contribution in [1.29, 1.82) is 0 Å². The van der Waals surface area contributed by atoms with Gasteiger partial charge in [-0.2, -0.15) is 0 Å². The molecule has 1 fully saturated rings. The highest BCUT2D eigenvalue weighted by atomic mass is 16.7. The number of carbonyl (C=O) groups excluding carboxylic acids is 6. The predicted molar refractivity (Wildman–Crippen MR) is 120 cm³/mol. The largest absolute Gasteiger partial charge is 0.490 e. The van der Waals surface area contributed by atoms with Crippen molar-refractivity contribution in [2.24, 2.45) is 0 Å². The van der Waals surface area contributed by atoms with E-state index in [1.165, 1.54) is 7.11 Å². The Bertz CT molecular complexity index is 1170. The minimum atomic E-state index is -1.42. The Balaban J connectivity index is 2.26. The molecule has 0 radical (unpaired) electrons. The molecule has 5 atom stereocenters. The number of fused-ring (bicyclic) bond motifs is 3. The summed E-state index contributed by atoms with van der Waals surface area (Å²) in [6.07, 6.45) is -6.71. The lowest BCUT2D eigenvalue weighted by Crippen LogP contribution is -2.60. The van der Waals surface area contributed by atoms with Gasteiger partial charge >= 0.3 is 35.8 Å². The first-order valence-corrected chi connectivity index (χ1v) is 11.3. The van der Waals surface area contributed by atoms with Gasteiger partial charge in [0.1, 0.15) is 18.8 Å². The van der Waals surface area contributed by atoms with Crippen molar-refractivity contribution in [3.8, 4) is 17.2 Å². The zero-order chi connectivity index (χ0) is 28.3. The average Bonchev–Trinajstić information content (AvgIpc) is 2.78. The van der Waals surface area contributed by atoms with E-state index in [0.717, 1.165) is 40.7 Å². The molecule has 0 spiro atoms. The molecule has 0 N–H and O–H groups in total. The van der Waals surface area contributed by atoms with Crippen LogP contribution in [0.1, 0.15) is 56.6 Å². The van der Waals surface area contributed by atoms with E-state index in [1.807, 2.05) is 0 Å². The van der Waals surface area contributed by atoms with Crippen LogP contribution in [-0.4, -0.2) is 73.9 Å². The van der Waals surface area contributed by atoms with Gasteiger partial charge < -0.3 is 37.9 Å². The number of rotatable bonds is 7. The SMILES string of the molecule is COc1c(OC(C)=O)cc2c(c1OC(C)=O)C1OC(COC(C)=O)C(OC(C)=O)C(OC(C)=O)C1OC2=O. The highest BCUT2D eigenvalue weighted by molar-refractivity contribution is 5.96. The Morgan fingerprint density at radius 1 is 0.816 bits per heavy atom. The third-order valence-electron chi connectivity index (χ3n) is 5.38. The summed E-state index contributed by atoms with van der Waals surface area (Å²) in [6, 6.07) is 1.14. The van der Waals surface area contributed by atoms with Gasteiger partial charge in [-0.05, 0) is 6.07 Å². The van der Waals surface area contributed by atoms with E-state index in [1.54, 1.807) is 0 Å². The molecular weight excluding hydrogens is 512 g/mol. The molecule has 1 aromatic carbocycles. The monoisotopic (exact) mass is 538 g/mol. The normalized spacial score (nSPS) is 23.5. The van der Waals surface area contributed by atoms with Crippen LogP contribution in [0.25, 0.3) is 0 Å². The van der Waals surface area contributed by atoms with Crippen molar-refractivity contribution in [2.45, 2.75) is 65.1 Å². The Morgan fingerprint density at radius 2 is 1.42 bits per heavy atom. The number of carbonyl (C=O) groups is 6. The summed E-state index contributed by atoms with van der Waals surface area (Å²) >= 11 is 0. The number of esters is 6. The van der Waals surface area contributed by atoms with E-state index in [9.17, 15) is 28.8 Å². The summed E-state index contributed by atoms with van der Waals surface area (Å²) in [7, 11) is 1.21. The molecule has 0 aliphatic carbocycles. The van der Waals surface area contributed by atoms with Crippen LogP contribution in [0.4, 0.5) is 0 Å². The van der Waals surface area contributed by atoms with Crippen molar-refractivity contribution in [3.63, 3.8) is 0 Å². The molecule has 14 nitrogen and oxygen atoms in total. The molecule has 0 bridgehead atoms. The van der Waals surface area contributed by atoms with Gasteiger partial charge in [0, 0.05) is 40.2 Å². The number of hydrogen-bond donors (Lipinski definition) is 0. The van der Waals surface area contributed by atoms with E-state index in [-0.39, 0.29) is 28.4 Å². The van der Waals surface area contributed by atoms with Gasteiger partial charge in [0.25, 0.3) is 0 Å². The zero-order valence-electron chi connectivity index (χ0n) is 21.4. The van der Waals surface area contributed by atoms with Crippen molar-refractivity contribution >= 4 is 35.8 Å². The molecule has 1 saturated heterocycles. The lowest BCUT2D eigenvalue weighted by Gasteiger charge is -2.46. The Hall–Kier alpha value is -4.20. The Kier molecular flexibility index (Phi) is 8.56. The van der Waals surface area contributed by atoms with Gasteiger partial charge in [-0.15, -0.1) is 0 Å². The van der Waals surface area contributed by atoms with E-state index in [0.29, 0.717) is 0 Å². The standard InChI is InChI=1S/C24H26O14/c1-9(25)32-8-16-19(34-11(3)27)22(36-13(5)29)23-21(37-16)17-14(24(30)38-23)7-15(33-10(2)26)18(31-6)20(17)35-12(4)28/h7,16,19,21-23H,8H2,1-6H3. The minimum absolute atomic E-state index is 0.0551. The summed E-state index contributed by atoms with van der Waals surface area (Å²) in [5.41, 5.74) is -0.265. The van der Waals surface area contributed by atoms with Crippen LogP contribution < -0.4 is 14.2 Å². The number of hydrogen-bond acceptors (Lipinski definition) is 14. The van der Waals surface area contributed by atoms with Crippen LogP contribution >= 0.6 is 0 Å². The molecule has 5 unspecified atom stereocenters. The van der Waals surface area contributed by atoms with Gasteiger partial charge in [0.05, 0.1) is 12.7 Å². The third kappa shape index (κ3) is 6.02. The molecule has 1 aromatic rings. The number of methoxy groups -OCH3 is 1. The van der Waals surface area contributed by atoms with Crippen molar-refractivity contribution in [2.75, 3.05) is 13.7 Å². The molecule has 0 aromatic heterocycles. The molecule has 2 aliphatic rings. The van der Waals surface area contributed by atoms with Crippen LogP contribution in [0.2, 0.25) is 0 Å². The minimum Gasteiger partial charge on any atom is -0.490 e. The summed E-state index contributed by atoms with van der Waals surface area (Å²) in [6.45, 7) is 5.10. The highest BCUT2D eigenvalue weighted by Gasteiger charge is 2.56. The molecule has 3 rings (SSSR count). The summed E-state index contributed by atoms with van der Waals surface area (Å²) < 4.78 is 43.3. The molecule has 38 heavy (non-hydrogen) atoms. The summed E-state index contributed by atoms with van der Waals surface area (Å²) in [5.74, 6) is -5.59. The average molecular weight is 538 g/mol. The van der Waals surface area contributed by atoms with Gasteiger partial charge in [-0.25, -0.2) is 4.79 Å². The van der Waals surface area contributed by atoms with Gasteiger partial charge in [0.15, 0.2) is 29.8 Å². The van der Waals surface area contributed by atoms with Gasteiger partial charge in [-0.1, -0.05) is 0 Å². The van der Waals surface area contributed by atoms with Crippen molar-refractivity contribution in [1.82, 2.24) is 0 Å². The fraction of sp³-hybridized carbons (Fsp3) is 0.500. The summed E-state index contributed by atoms with van der Waals surface area (Å²) in [4.78, 5) is 72.3. The Labute approximate surface area is 216 Å². The molecule has 0 saturated carbocycles. The van der Waals surface area contributed by atoms with E-state index in [2.05, 4.69) is 0 Å². The smallest absolute Gasteiger partial charge is 0.339 e. The lowest BCUT2D eigenvalue weighted by atomic mass is 9.85. The quantitative estimate of drug-likeness (QED) is 0.272. The fourth-order valence-corrected chi connectivity index (χ4v) is 4.21. The third-order valence-corrected chi connectivity index (χ3v) is 5.38. The fourth-order valence-electron chi connectivity index (χ4n) is 4.21. The first-order chi connectivity index (χ1) is 17.8. The number of benzene rings is 1. The van der Waals surface area contributed by atoms with Crippen molar-refractivity contribution in [3.05, 3.63) is 17.2 Å². The maximum atomic E-state index is 13.2. The van der Waals surface area contributed by atoms with Crippen molar-refractivity contribution < 1.29 is 66.7 Å². The van der Waals surface area contributed by atoms with Gasteiger partial charge in [0.2, 0.25) is 5.75 Å². The summed E-state index contributed by atoms with van der Waals surface area (Å²) in [5, 5.41) is 0. The van der Waals surface area contributed by atoms with Crippen LogP contribution in [0.3, 0.4) is 0 Å². The first kappa shape index (κ1) is 28.4. The van der Waals surface area contributed by atoms with Crippen LogP contribution in [-0.2, 0) is 47.7 Å². The second kappa shape index (κ2) is 11.5. The molecule has 0 amide bonds. The highest BCUT2D eigenvalue weighted by Crippen LogP contribution is 2.51. The van der Waals surface area contributed by atoms with E-state index >= 15 is 0 Å². The maximum absolute atomic E-state index is 13.2. The predicted octanol–water partition coefficient (Wildman–Crippen LogP) is 0.951. The maximum Gasteiger partial charge on any atom is 0.339 e. The zero-order valence-corrected chi connectivity index (χ0v) is 21.4.